The average Bonchev–Trinajstić information content (AvgIpc) is 3.49. The Balaban J connectivity index is 1.46. The quantitative estimate of drug-likeness (QED) is 0.409. The summed E-state index contributed by atoms with van der Waals surface area (Å²) in [6.45, 7) is 6.84. The minimum Gasteiger partial charge on any atom is -0.350 e. The molecular formula is C22H28N10. The highest BCUT2D eigenvalue weighted by molar-refractivity contribution is 5.56. The zero-order valence-electron chi connectivity index (χ0n) is 18.4. The van der Waals surface area contributed by atoms with E-state index in [4.69, 9.17) is 9.97 Å². The highest BCUT2D eigenvalue weighted by atomic mass is 15.4. The van der Waals surface area contributed by atoms with Gasteiger partial charge in [-0.1, -0.05) is 32.0 Å². The molecule has 1 fully saturated rings. The lowest BCUT2D eigenvalue weighted by atomic mass is 10.1. The minimum atomic E-state index is 0.312. The summed E-state index contributed by atoms with van der Waals surface area (Å²) in [5.41, 5.74) is 3.97. The maximum absolute atomic E-state index is 4.81. The van der Waals surface area contributed by atoms with E-state index < -0.39 is 0 Å². The molecule has 3 aromatic heterocycles. The number of nitrogens with zero attached hydrogens (tertiary/aromatic N) is 7. The molecule has 5 rings (SSSR count). The first-order chi connectivity index (χ1) is 15.7. The van der Waals surface area contributed by atoms with Crippen molar-refractivity contribution in [3.8, 4) is 5.69 Å². The Kier molecular flexibility index (Phi) is 5.68. The van der Waals surface area contributed by atoms with Crippen LogP contribution >= 0.6 is 0 Å². The van der Waals surface area contributed by atoms with Crippen LogP contribution in [0.5, 0.6) is 0 Å². The molecule has 10 nitrogen and oxygen atoms in total. The van der Waals surface area contributed by atoms with Crippen LogP contribution in [0.2, 0.25) is 0 Å². The van der Waals surface area contributed by atoms with Gasteiger partial charge in [-0.3, -0.25) is 0 Å². The Hall–Kier alpha value is -3.53. The van der Waals surface area contributed by atoms with Crippen molar-refractivity contribution < 1.29 is 0 Å². The van der Waals surface area contributed by atoms with E-state index in [0.29, 0.717) is 30.4 Å². The lowest BCUT2D eigenvalue weighted by molar-refractivity contribution is 0.478. The van der Waals surface area contributed by atoms with Gasteiger partial charge in [-0.2, -0.15) is 24.7 Å². The predicted octanol–water partition coefficient (Wildman–Crippen LogP) is 2.60. The third kappa shape index (κ3) is 4.13. The Morgan fingerprint density at radius 3 is 2.88 bits per heavy atom. The molecule has 0 bridgehead atoms. The Bertz CT molecular complexity index is 1170. The number of nitrogens with one attached hydrogen (secondary N) is 3. The molecule has 0 saturated carbocycles. The van der Waals surface area contributed by atoms with E-state index in [1.807, 2.05) is 24.4 Å². The second-order valence-electron chi connectivity index (χ2n) is 8.37. The van der Waals surface area contributed by atoms with E-state index in [0.717, 1.165) is 48.4 Å². The fourth-order valence-corrected chi connectivity index (χ4v) is 4.03. The second kappa shape index (κ2) is 8.91. The molecule has 3 N–H and O–H groups in total. The molecule has 1 aliphatic heterocycles. The van der Waals surface area contributed by atoms with Gasteiger partial charge in [0.2, 0.25) is 11.9 Å². The topological polar surface area (TPSA) is 110 Å². The van der Waals surface area contributed by atoms with E-state index in [1.54, 1.807) is 15.5 Å². The molecule has 1 atom stereocenters. The molecule has 4 heterocycles. The predicted molar refractivity (Wildman–Crippen MR) is 123 cm³/mol. The van der Waals surface area contributed by atoms with E-state index in [1.165, 1.54) is 6.33 Å². The first kappa shape index (κ1) is 20.4. The van der Waals surface area contributed by atoms with Gasteiger partial charge in [-0.05, 0) is 36.9 Å². The van der Waals surface area contributed by atoms with Crippen LogP contribution in [-0.4, -0.2) is 53.5 Å². The molecule has 0 unspecified atom stereocenters. The van der Waals surface area contributed by atoms with Crippen molar-refractivity contribution in [1.82, 2.24) is 39.7 Å². The fourth-order valence-electron chi connectivity index (χ4n) is 4.03. The SMILES string of the molecule is CC(C)c1cnn2c(NCc3ccccc3-n3cncn3)nc(N[C@@H]3CCCNC3)nc12. The standard InChI is InChI=1S/C22H28N10/c1-15(2)18-12-26-32-20(18)29-21(28-17-7-5-9-23-11-17)30-22(32)25-10-16-6-3-4-8-19(16)31-14-24-13-27-31/h3-4,6,8,12-15,17,23H,5,7,9-11H2,1-2H3,(H2,25,28,29,30)/t17-/m1/s1. The fraction of sp³-hybridized carbons (Fsp3) is 0.409. The van der Waals surface area contributed by atoms with Gasteiger partial charge in [-0.15, -0.1) is 0 Å². The van der Waals surface area contributed by atoms with Crippen molar-refractivity contribution in [2.24, 2.45) is 0 Å². The van der Waals surface area contributed by atoms with Gasteiger partial charge in [0, 0.05) is 24.7 Å². The summed E-state index contributed by atoms with van der Waals surface area (Å²) in [5.74, 6) is 1.59. The Morgan fingerprint density at radius 1 is 1.19 bits per heavy atom. The van der Waals surface area contributed by atoms with Crippen molar-refractivity contribution in [1.29, 1.82) is 0 Å². The molecule has 4 aromatic rings. The zero-order chi connectivity index (χ0) is 21.9. The number of hydrogen-bond donors (Lipinski definition) is 3. The average molecular weight is 433 g/mol. The summed E-state index contributed by atoms with van der Waals surface area (Å²) < 4.78 is 3.55. The van der Waals surface area contributed by atoms with Crippen molar-refractivity contribution in [3.63, 3.8) is 0 Å². The summed E-state index contributed by atoms with van der Waals surface area (Å²) in [6, 6.07) is 8.41. The number of benzene rings is 1. The largest absolute Gasteiger partial charge is 0.350 e. The summed E-state index contributed by atoms with van der Waals surface area (Å²) in [4.78, 5) is 13.7. The molecule has 1 aromatic carbocycles. The van der Waals surface area contributed by atoms with Crippen LogP contribution in [0.15, 0.2) is 43.1 Å². The maximum Gasteiger partial charge on any atom is 0.229 e. The third-order valence-corrected chi connectivity index (χ3v) is 5.74. The van der Waals surface area contributed by atoms with Gasteiger partial charge in [0.25, 0.3) is 0 Å². The normalized spacial score (nSPS) is 16.5. The molecule has 32 heavy (non-hydrogen) atoms. The lowest BCUT2D eigenvalue weighted by Gasteiger charge is -2.24. The summed E-state index contributed by atoms with van der Waals surface area (Å²) in [5, 5.41) is 19.3. The molecule has 0 amide bonds. The van der Waals surface area contributed by atoms with Gasteiger partial charge in [0.15, 0.2) is 5.65 Å². The van der Waals surface area contributed by atoms with Crippen molar-refractivity contribution >= 4 is 17.5 Å². The number of anilines is 2. The number of piperidine rings is 1. The zero-order valence-corrected chi connectivity index (χ0v) is 18.4. The van der Waals surface area contributed by atoms with Crippen molar-refractivity contribution in [2.45, 2.75) is 45.2 Å². The van der Waals surface area contributed by atoms with Crippen LogP contribution < -0.4 is 16.0 Å². The molecule has 0 aliphatic carbocycles. The Morgan fingerprint density at radius 2 is 2.09 bits per heavy atom. The minimum absolute atomic E-state index is 0.312. The molecular weight excluding hydrogens is 404 g/mol. The highest BCUT2D eigenvalue weighted by Gasteiger charge is 2.18. The molecule has 1 aliphatic rings. The molecule has 10 heteroatoms. The number of fused-ring (bicyclic) bond motifs is 1. The molecule has 0 radical (unpaired) electrons. The number of rotatable bonds is 7. The Labute approximate surface area is 186 Å². The third-order valence-electron chi connectivity index (χ3n) is 5.74. The monoisotopic (exact) mass is 432 g/mol. The van der Waals surface area contributed by atoms with E-state index in [-0.39, 0.29) is 0 Å². The van der Waals surface area contributed by atoms with Gasteiger partial charge < -0.3 is 16.0 Å². The van der Waals surface area contributed by atoms with Crippen LogP contribution in [0, 0.1) is 0 Å². The van der Waals surface area contributed by atoms with Crippen LogP contribution in [0.3, 0.4) is 0 Å². The van der Waals surface area contributed by atoms with Crippen LogP contribution in [0.25, 0.3) is 11.3 Å². The molecule has 0 spiro atoms. The van der Waals surface area contributed by atoms with E-state index >= 15 is 0 Å². The first-order valence-electron chi connectivity index (χ1n) is 11.1. The van der Waals surface area contributed by atoms with Crippen LogP contribution in [0.4, 0.5) is 11.9 Å². The van der Waals surface area contributed by atoms with Crippen LogP contribution in [0.1, 0.15) is 43.7 Å². The number of para-hydroxylation sites is 1. The summed E-state index contributed by atoms with van der Waals surface area (Å²) in [6.07, 6.45) is 7.37. The molecule has 1 saturated heterocycles. The van der Waals surface area contributed by atoms with Gasteiger partial charge in [-0.25, -0.2) is 9.67 Å². The van der Waals surface area contributed by atoms with Crippen molar-refractivity contribution in [2.75, 3.05) is 23.7 Å². The van der Waals surface area contributed by atoms with E-state index in [2.05, 4.69) is 51.0 Å². The van der Waals surface area contributed by atoms with Gasteiger partial charge in [0.1, 0.15) is 12.7 Å². The van der Waals surface area contributed by atoms with Gasteiger partial charge in [0.05, 0.1) is 11.9 Å². The number of hydrogen-bond acceptors (Lipinski definition) is 8. The summed E-state index contributed by atoms with van der Waals surface area (Å²) in [7, 11) is 0. The second-order valence-corrected chi connectivity index (χ2v) is 8.37. The smallest absolute Gasteiger partial charge is 0.229 e. The first-order valence-corrected chi connectivity index (χ1v) is 11.1. The molecule has 166 valence electrons. The summed E-state index contributed by atoms with van der Waals surface area (Å²) >= 11 is 0. The maximum atomic E-state index is 4.81. The number of aromatic nitrogens is 7. The van der Waals surface area contributed by atoms with Crippen molar-refractivity contribution in [3.05, 3.63) is 54.2 Å². The van der Waals surface area contributed by atoms with E-state index in [9.17, 15) is 0 Å². The highest BCUT2D eigenvalue weighted by Crippen LogP contribution is 2.23. The lowest BCUT2D eigenvalue weighted by Crippen LogP contribution is -2.38. The van der Waals surface area contributed by atoms with Crippen LogP contribution in [-0.2, 0) is 6.54 Å². The van der Waals surface area contributed by atoms with Gasteiger partial charge >= 0.3 is 0 Å².